The third-order valence-corrected chi connectivity index (χ3v) is 6.48. The molecule has 7 nitrogen and oxygen atoms in total. The molecule has 2 aromatic rings. The summed E-state index contributed by atoms with van der Waals surface area (Å²) in [6.45, 7) is 9.88. The average Bonchev–Trinajstić information content (AvgIpc) is 2.87. The molecule has 0 aliphatic carbocycles. The maximum Gasteiger partial charge on any atom is 0.161 e. The molecule has 0 aliphatic heterocycles. The Labute approximate surface area is 204 Å². The van der Waals surface area contributed by atoms with Gasteiger partial charge in [-0.05, 0) is 85.9 Å². The van der Waals surface area contributed by atoms with Crippen LogP contribution in [0.5, 0.6) is 23.0 Å². The molecule has 0 spiro atoms. The molecule has 1 atom stereocenters. The molecule has 0 saturated heterocycles. The summed E-state index contributed by atoms with van der Waals surface area (Å²) < 4.78 is 21.6. The molecule has 2 N–H and O–H groups in total. The van der Waals surface area contributed by atoms with Gasteiger partial charge in [0.1, 0.15) is 0 Å². The summed E-state index contributed by atoms with van der Waals surface area (Å²) in [4.78, 5) is 4.62. The Balaban J connectivity index is 2.01. The molecule has 0 bridgehead atoms. The van der Waals surface area contributed by atoms with Gasteiger partial charge in [0.2, 0.25) is 0 Å². The SMILES string of the molecule is C=NC(CCCNCCc1cc(OC)c(OC)cc1CO)(c1ccc(OC)c(OC)c1)C(C)C. The van der Waals surface area contributed by atoms with E-state index in [1.165, 1.54) is 0 Å². The van der Waals surface area contributed by atoms with Gasteiger partial charge in [-0.25, -0.2) is 0 Å². The van der Waals surface area contributed by atoms with Crippen molar-refractivity contribution in [2.24, 2.45) is 10.9 Å². The van der Waals surface area contributed by atoms with Crippen LogP contribution < -0.4 is 24.3 Å². The molecule has 1 unspecified atom stereocenters. The van der Waals surface area contributed by atoms with Crippen molar-refractivity contribution in [3.05, 3.63) is 47.0 Å². The maximum absolute atomic E-state index is 9.74. The second-order valence-electron chi connectivity index (χ2n) is 8.54. The summed E-state index contributed by atoms with van der Waals surface area (Å²) in [5.74, 6) is 2.96. The van der Waals surface area contributed by atoms with Crippen molar-refractivity contribution in [2.75, 3.05) is 41.5 Å². The first-order valence-electron chi connectivity index (χ1n) is 11.7. The Hall–Kier alpha value is -2.77. The summed E-state index contributed by atoms with van der Waals surface area (Å²) in [6.07, 6.45) is 2.57. The standard InChI is InChI=1S/C27H40N2O5/c1-19(2)27(28-3,22-9-10-23(31-4)26(17-22)34-7)12-8-13-29-14-11-20-15-24(32-5)25(33-6)16-21(20)18-30/h9-10,15-17,19,29-30H,3,8,11-14,18H2,1-2,4-7H3. The van der Waals surface area contributed by atoms with Crippen molar-refractivity contribution in [2.45, 2.75) is 45.3 Å². The predicted molar refractivity (Wildman–Crippen MR) is 137 cm³/mol. The van der Waals surface area contributed by atoms with Gasteiger partial charge in [0.05, 0.1) is 40.6 Å². The number of aliphatic imine (C=N–C) groups is 1. The highest BCUT2D eigenvalue weighted by atomic mass is 16.5. The van der Waals surface area contributed by atoms with Crippen LogP contribution in [0.1, 0.15) is 43.4 Å². The number of nitrogens with one attached hydrogen (secondary N) is 1. The highest BCUT2D eigenvalue weighted by molar-refractivity contribution is 5.48. The summed E-state index contributed by atoms with van der Waals surface area (Å²) in [7, 11) is 6.49. The number of nitrogens with zero attached hydrogens (tertiary/aromatic N) is 1. The fraction of sp³-hybridized carbons (Fsp3) is 0.519. The number of hydrogen-bond acceptors (Lipinski definition) is 7. The highest BCUT2D eigenvalue weighted by Crippen LogP contribution is 2.41. The summed E-state index contributed by atoms with van der Waals surface area (Å²) in [5.41, 5.74) is 2.56. The van der Waals surface area contributed by atoms with E-state index in [1.54, 1.807) is 28.4 Å². The second-order valence-corrected chi connectivity index (χ2v) is 8.54. The lowest BCUT2D eigenvalue weighted by molar-refractivity contribution is 0.278. The summed E-state index contributed by atoms with van der Waals surface area (Å²) in [5, 5.41) is 13.3. The van der Waals surface area contributed by atoms with Crippen LogP contribution in [0.2, 0.25) is 0 Å². The molecule has 0 aliphatic rings. The fourth-order valence-corrected chi connectivity index (χ4v) is 4.40. The van der Waals surface area contributed by atoms with Crippen LogP contribution in [0.25, 0.3) is 0 Å². The van der Waals surface area contributed by atoms with Gasteiger partial charge in [0, 0.05) is 0 Å². The molecule has 0 radical (unpaired) electrons. The Morgan fingerprint density at radius 3 is 2.00 bits per heavy atom. The van der Waals surface area contributed by atoms with E-state index in [0.29, 0.717) is 23.0 Å². The van der Waals surface area contributed by atoms with Crippen molar-refractivity contribution < 1.29 is 24.1 Å². The van der Waals surface area contributed by atoms with E-state index in [2.05, 4.69) is 36.9 Å². The number of benzene rings is 2. The van der Waals surface area contributed by atoms with E-state index in [4.69, 9.17) is 18.9 Å². The van der Waals surface area contributed by atoms with Gasteiger partial charge in [0.15, 0.2) is 23.0 Å². The van der Waals surface area contributed by atoms with Crippen LogP contribution >= 0.6 is 0 Å². The molecular formula is C27H40N2O5. The van der Waals surface area contributed by atoms with Crippen molar-refractivity contribution in [3.63, 3.8) is 0 Å². The minimum atomic E-state index is -0.408. The maximum atomic E-state index is 9.74. The van der Waals surface area contributed by atoms with Crippen molar-refractivity contribution >= 4 is 6.72 Å². The predicted octanol–water partition coefficient (Wildman–Crippen LogP) is 4.38. The van der Waals surface area contributed by atoms with Crippen LogP contribution in [0.15, 0.2) is 35.3 Å². The quantitative estimate of drug-likeness (QED) is 0.296. The van der Waals surface area contributed by atoms with Gasteiger partial charge in [-0.15, -0.1) is 0 Å². The number of aliphatic hydroxyl groups excluding tert-OH is 1. The largest absolute Gasteiger partial charge is 0.493 e. The minimum Gasteiger partial charge on any atom is -0.493 e. The number of hydrogen-bond donors (Lipinski definition) is 2. The average molecular weight is 473 g/mol. The first kappa shape index (κ1) is 27.5. The Morgan fingerprint density at radius 2 is 1.47 bits per heavy atom. The van der Waals surface area contributed by atoms with E-state index >= 15 is 0 Å². The lowest BCUT2D eigenvalue weighted by Crippen LogP contribution is -2.31. The normalized spacial score (nSPS) is 12.8. The molecule has 7 heteroatoms. The Morgan fingerprint density at radius 1 is 0.882 bits per heavy atom. The molecule has 0 saturated carbocycles. The van der Waals surface area contributed by atoms with Crippen LogP contribution in [0, 0.1) is 5.92 Å². The Kier molecular flexibility index (Phi) is 10.7. The Bertz CT molecular complexity index is 931. The van der Waals surface area contributed by atoms with Crippen LogP contribution in [-0.4, -0.2) is 53.4 Å². The van der Waals surface area contributed by atoms with Crippen LogP contribution in [0.4, 0.5) is 0 Å². The second kappa shape index (κ2) is 13.2. The van der Waals surface area contributed by atoms with E-state index in [0.717, 1.165) is 49.0 Å². The molecule has 188 valence electrons. The molecule has 0 amide bonds. The van der Waals surface area contributed by atoms with Gasteiger partial charge in [-0.3, -0.25) is 4.99 Å². The highest BCUT2D eigenvalue weighted by Gasteiger charge is 2.34. The van der Waals surface area contributed by atoms with E-state index in [1.807, 2.05) is 24.3 Å². The monoisotopic (exact) mass is 472 g/mol. The number of rotatable bonds is 15. The van der Waals surface area contributed by atoms with Gasteiger partial charge in [-0.1, -0.05) is 19.9 Å². The van der Waals surface area contributed by atoms with Gasteiger partial charge in [-0.2, -0.15) is 0 Å². The molecule has 2 rings (SSSR count). The zero-order valence-corrected chi connectivity index (χ0v) is 21.4. The fourth-order valence-electron chi connectivity index (χ4n) is 4.40. The number of ether oxygens (including phenoxy) is 4. The van der Waals surface area contributed by atoms with Gasteiger partial charge in [0.25, 0.3) is 0 Å². The van der Waals surface area contributed by atoms with Gasteiger partial charge >= 0.3 is 0 Å². The first-order chi connectivity index (χ1) is 16.4. The molecule has 0 aromatic heterocycles. The zero-order valence-electron chi connectivity index (χ0n) is 21.4. The lowest BCUT2D eigenvalue weighted by atomic mass is 9.77. The van der Waals surface area contributed by atoms with Gasteiger partial charge < -0.3 is 29.4 Å². The minimum absolute atomic E-state index is 0.0388. The first-order valence-corrected chi connectivity index (χ1v) is 11.7. The van der Waals surface area contributed by atoms with Crippen LogP contribution in [0.3, 0.4) is 0 Å². The van der Waals surface area contributed by atoms with Crippen molar-refractivity contribution in [1.29, 1.82) is 0 Å². The molecule has 0 heterocycles. The topological polar surface area (TPSA) is 81.5 Å². The summed E-state index contributed by atoms with van der Waals surface area (Å²) in [6, 6.07) is 9.76. The zero-order chi connectivity index (χ0) is 25.1. The van der Waals surface area contributed by atoms with Crippen molar-refractivity contribution in [3.8, 4) is 23.0 Å². The van der Waals surface area contributed by atoms with E-state index in [9.17, 15) is 5.11 Å². The molecule has 2 aromatic carbocycles. The van der Waals surface area contributed by atoms with Crippen molar-refractivity contribution in [1.82, 2.24) is 5.32 Å². The smallest absolute Gasteiger partial charge is 0.161 e. The van der Waals surface area contributed by atoms with E-state index < -0.39 is 5.54 Å². The molecule has 0 fully saturated rings. The summed E-state index contributed by atoms with van der Waals surface area (Å²) >= 11 is 0. The van der Waals surface area contributed by atoms with Crippen LogP contribution in [-0.2, 0) is 18.6 Å². The molecular weight excluding hydrogens is 432 g/mol. The third kappa shape index (κ3) is 6.21. The molecule has 34 heavy (non-hydrogen) atoms. The van der Waals surface area contributed by atoms with E-state index in [-0.39, 0.29) is 12.5 Å². The number of methoxy groups -OCH3 is 4. The third-order valence-electron chi connectivity index (χ3n) is 6.48. The number of aliphatic hydroxyl groups is 1. The lowest BCUT2D eigenvalue weighted by Gasteiger charge is -2.35.